The molecule has 4 nitrogen and oxygen atoms in total. The fourth-order valence-electron chi connectivity index (χ4n) is 2.10. The number of nitrogens with one attached hydrogen (secondary N) is 1. The average Bonchev–Trinajstić information content (AvgIpc) is 2.43. The van der Waals surface area contributed by atoms with E-state index in [1.54, 1.807) is 0 Å². The monoisotopic (exact) mass is 285 g/mol. The van der Waals surface area contributed by atoms with Crippen molar-refractivity contribution in [2.75, 3.05) is 11.9 Å². The van der Waals surface area contributed by atoms with Crippen LogP contribution < -0.4 is 10.1 Å². The van der Waals surface area contributed by atoms with E-state index >= 15 is 0 Å². The molecule has 1 aromatic carbocycles. The molecule has 0 bridgehead atoms. The summed E-state index contributed by atoms with van der Waals surface area (Å²) in [5.41, 5.74) is 3.69. The lowest BCUT2D eigenvalue weighted by Crippen LogP contribution is -2.09. The summed E-state index contributed by atoms with van der Waals surface area (Å²) in [6.45, 7) is 10.9. The van der Waals surface area contributed by atoms with Crippen LogP contribution in [-0.2, 0) is 0 Å². The topological polar surface area (TPSA) is 47.0 Å². The lowest BCUT2D eigenvalue weighted by molar-refractivity contribution is 0.243. The largest absolute Gasteiger partial charge is 0.490 e. The number of nitrogens with zero attached hydrogens (tertiary/aromatic N) is 2. The maximum Gasteiger partial charge on any atom is 0.153 e. The molecular weight excluding hydrogens is 262 g/mol. The maximum absolute atomic E-state index is 5.91. The molecule has 0 saturated carbocycles. The van der Waals surface area contributed by atoms with E-state index in [-0.39, 0.29) is 6.10 Å². The molecular formula is C17H23N3O. The average molecular weight is 285 g/mol. The number of rotatable bonds is 5. The van der Waals surface area contributed by atoms with Crippen LogP contribution in [0.2, 0.25) is 0 Å². The quantitative estimate of drug-likeness (QED) is 0.902. The minimum absolute atomic E-state index is 0.119. The van der Waals surface area contributed by atoms with Gasteiger partial charge < -0.3 is 10.1 Å². The Bertz CT molecular complexity index is 623. The Morgan fingerprint density at radius 2 is 1.76 bits per heavy atom. The van der Waals surface area contributed by atoms with Gasteiger partial charge in [0.1, 0.15) is 11.4 Å². The molecule has 21 heavy (non-hydrogen) atoms. The first-order chi connectivity index (χ1) is 10.0. The van der Waals surface area contributed by atoms with Gasteiger partial charge in [0.25, 0.3) is 0 Å². The zero-order chi connectivity index (χ0) is 15.4. The number of para-hydroxylation sites is 1. The molecule has 0 radical (unpaired) electrons. The minimum atomic E-state index is 0.119. The summed E-state index contributed by atoms with van der Waals surface area (Å²) in [5.74, 6) is 1.64. The third kappa shape index (κ3) is 3.51. The van der Waals surface area contributed by atoms with Gasteiger partial charge in [-0.3, -0.25) is 0 Å². The third-order valence-electron chi connectivity index (χ3n) is 3.16. The second-order valence-corrected chi connectivity index (χ2v) is 5.28. The molecule has 0 atom stereocenters. The molecule has 4 heteroatoms. The Morgan fingerprint density at radius 1 is 1.10 bits per heavy atom. The molecule has 0 amide bonds. The van der Waals surface area contributed by atoms with E-state index in [4.69, 9.17) is 9.72 Å². The van der Waals surface area contributed by atoms with Crippen molar-refractivity contribution in [3.05, 3.63) is 35.7 Å². The van der Waals surface area contributed by atoms with Gasteiger partial charge in [-0.25, -0.2) is 9.97 Å². The number of ether oxygens (including phenoxy) is 1. The molecule has 1 aromatic heterocycles. The van der Waals surface area contributed by atoms with Crippen LogP contribution in [0.25, 0.3) is 11.3 Å². The van der Waals surface area contributed by atoms with Crippen molar-refractivity contribution in [3.63, 3.8) is 0 Å². The highest BCUT2D eigenvalue weighted by atomic mass is 16.5. The molecule has 112 valence electrons. The lowest BCUT2D eigenvalue weighted by Gasteiger charge is -2.17. The molecule has 0 aliphatic rings. The van der Waals surface area contributed by atoms with Crippen LogP contribution in [0.3, 0.4) is 0 Å². The summed E-state index contributed by atoms with van der Waals surface area (Å²) < 4.78 is 5.91. The summed E-state index contributed by atoms with van der Waals surface area (Å²) in [4.78, 5) is 9.35. The van der Waals surface area contributed by atoms with E-state index in [0.717, 1.165) is 40.8 Å². The van der Waals surface area contributed by atoms with Crippen molar-refractivity contribution in [1.82, 2.24) is 9.97 Å². The highest BCUT2D eigenvalue weighted by Gasteiger charge is 2.15. The maximum atomic E-state index is 5.91. The van der Waals surface area contributed by atoms with Gasteiger partial charge in [-0.05, 0) is 46.8 Å². The third-order valence-corrected chi connectivity index (χ3v) is 3.16. The van der Waals surface area contributed by atoms with E-state index in [2.05, 4.69) is 17.2 Å². The van der Waals surface area contributed by atoms with Crippen molar-refractivity contribution in [2.45, 2.75) is 40.7 Å². The van der Waals surface area contributed by atoms with Crippen molar-refractivity contribution in [1.29, 1.82) is 0 Å². The smallest absolute Gasteiger partial charge is 0.153 e. The van der Waals surface area contributed by atoms with Crippen molar-refractivity contribution in [2.24, 2.45) is 0 Å². The van der Waals surface area contributed by atoms with Crippen LogP contribution in [0.15, 0.2) is 24.3 Å². The molecule has 1 heterocycles. The van der Waals surface area contributed by atoms with E-state index in [9.17, 15) is 0 Å². The summed E-state index contributed by atoms with van der Waals surface area (Å²) >= 11 is 0. The van der Waals surface area contributed by atoms with Crippen LogP contribution >= 0.6 is 0 Å². The van der Waals surface area contributed by atoms with Crippen LogP contribution in [0.4, 0.5) is 5.82 Å². The number of anilines is 1. The second-order valence-electron chi connectivity index (χ2n) is 5.28. The Balaban J connectivity index is 2.57. The van der Waals surface area contributed by atoms with Crippen LogP contribution in [0.5, 0.6) is 5.75 Å². The van der Waals surface area contributed by atoms with Crippen LogP contribution in [-0.4, -0.2) is 22.6 Å². The highest BCUT2D eigenvalue weighted by molar-refractivity contribution is 5.76. The van der Waals surface area contributed by atoms with E-state index in [1.165, 1.54) is 0 Å². The van der Waals surface area contributed by atoms with Gasteiger partial charge in [-0.15, -0.1) is 0 Å². The minimum Gasteiger partial charge on any atom is -0.490 e. The van der Waals surface area contributed by atoms with Gasteiger partial charge >= 0.3 is 0 Å². The molecule has 0 aliphatic carbocycles. The molecule has 0 aliphatic heterocycles. The first-order valence-corrected chi connectivity index (χ1v) is 7.38. The van der Waals surface area contributed by atoms with Crippen molar-refractivity contribution in [3.8, 4) is 17.0 Å². The highest BCUT2D eigenvalue weighted by Crippen LogP contribution is 2.33. The molecule has 1 N–H and O–H groups in total. The molecule has 0 spiro atoms. The van der Waals surface area contributed by atoms with Crippen molar-refractivity contribution < 1.29 is 4.74 Å². The Morgan fingerprint density at radius 3 is 2.43 bits per heavy atom. The molecule has 2 rings (SSSR count). The standard InChI is InChI=1S/C17H23N3O/c1-6-18-17-16(19-12(4)13(5)20-17)14-9-7-8-10-15(14)21-11(2)3/h7-11H,6H2,1-5H3,(H,18,20). The predicted molar refractivity (Wildman–Crippen MR) is 86.9 cm³/mol. The number of hydrogen-bond donors (Lipinski definition) is 1. The van der Waals surface area contributed by atoms with Gasteiger partial charge in [0.05, 0.1) is 17.5 Å². The van der Waals surface area contributed by atoms with Gasteiger partial charge in [0.2, 0.25) is 0 Å². The zero-order valence-electron chi connectivity index (χ0n) is 13.4. The number of hydrogen-bond acceptors (Lipinski definition) is 4. The zero-order valence-corrected chi connectivity index (χ0v) is 13.4. The SMILES string of the molecule is CCNc1nc(C)c(C)nc1-c1ccccc1OC(C)C. The van der Waals surface area contributed by atoms with Crippen molar-refractivity contribution >= 4 is 5.82 Å². The summed E-state index contributed by atoms with van der Waals surface area (Å²) in [7, 11) is 0. The van der Waals surface area contributed by atoms with E-state index in [1.807, 2.05) is 52.0 Å². The fourth-order valence-corrected chi connectivity index (χ4v) is 2.10. The normalized spacial score (nSPS) is 10.8. The molecule has 2 aromatic rings. The van der Waals surface area contributed by atoms with Gasteiger partial charge in [0.15, 0.2) is 5.82 Å². The van der Waals surface area contributed by atoms with E-state index in [0.29, 0.717) is 0 Å². The summed E-state index contributed by atoms with van der Waals surface area (Å²) in [5, 5.41) is 3.29. The Hall–Kier alpha value is -2.10. The first-order valence-electron chi connectivity index (χ1n) is 7.38. The van der Waals surface area contributed by atoms with Crippen LogP contribution in [0, 0.1) is 13.8 Å². The van der Waals surface area contributed by atoms with Gasteiger partial charge in [-0.2, -0.15) is 0 Å². The number of aryl methyl sites for hydroxylation is 2. The fraction of sp³-hybridized carbons (Fsp3) is 0.412. The number of aromatic nitrogens is 2. The van der Waals surface area contributed by atoms with Gasteiger partial charge in [-0.1, -0.05) is 12.1 Å². The molecule has 0 saturated heterocycles. The molecule has 0 fully saturated rings. The Kier molecular flexibility index (Phi) is 4.78. The second kappa shape index (κ2) is 6.57. The molecule has 0 unspecified atom stereocenters. The number of benzene rings is 1. The van der Waals surface area contributed by atoms with E-state index < -0.39 is 0 Å². The summed E-state index contributed by atoms with van der Waals surface area (Å²) in [6, 6.07) is 7.97. The lowest BCUT2D eigenvalue weighted by atomic mass is 10.1. The van der Waals surface area contributed by atoms with Gasteiger partial charge in [0, 0.05) is 12.1 Å². The summed E-state index contributed by atoms with van der Waals surface area (Å²) in [6.07, 6.45) is 0.119. The van der Waals surface area contributed by atoms with Crippen LogP contribution in [0.1, 0.15) is 32.2 Å². The predicted octanol–water partition coefficient (Wildman–Crippen LogP) is 3.98. The Labute approximate surface area is 126 Å². The first kappa shape index (κ1) is 15.3.